The monoisotopic (exact) mass is 258 g/mol. The third-order valence-corrected chi connectivity index (χ3v) is 5.06. The zero-order chi connectivity index (χ0) is 13.2. The largest absolute Gasteiger partial charge is 0.324 e. The predicted molar refractivity (Wildman–Crippen MR) is 79.9 cm³/mol. The van der Waals surface area contributed by atoms with E-state index in [0.29, 0.717) is 12.1 Å². The molecule has 4 atom stereocenters. The third kappa shape index (κ3) is 2.70. The van der Waals surface area contributed by atoms with E-state index in [-0.39, 0.29) is 6.04 Å². The Labute approximate surface area is 116 Å². The SMILES string of the molecule is CCC1CCCC(NC2CC(N)c3ccccc32)C1. The molecule has 19 heavy (non-hydrogen) atoms. The summed E-state index contributed by atoms with van der Waals surface area (Å²) in [6, 6.07) is 10.1. The van der Waals surface area contributed by atoms with Crippen molar-refractivity contribution >= 4 is 0 Å². The van der Waals surface area contributed by atoms with Crippen LogP contribution in [0.3, 0.4) is 0 Å². The average Bonchev–Trinajstić information content (AvgIpc) is 2.76. The molecule has 3 rings (SSSR count). The van der Waals surface area contributed by atoms with Gasteiger partial charge in [-0.25, -0.2) is 0 Å². The highest BCUT2D eigenvalue weighted by Crippen LogP contribution is 2.38. The summed E-state index contributed by atoms with van der Waals surface area (Å²) in [5.74, 6) is 0.927. The number of fused-ring (bicyclic) bond motifs is 1. The molecule has 104 valence electrons. The lowest BCUT2D eigenvalue weighted by atomic mass is 9.84. The maximum absolute atomic E-state index is 6.26. The Morgan fingerprint density at radius 1 is 1.16 bits per heavy atom. The summed E-state index contributed by atoms with van der Waals surface area (Å²) in [7, 11) is 0. The van der Waals surface area contributed by atoms with Crippen molar-refractivity contribution in [1.82, 2.24) is 5.32 Å². The minimum atomic E-state index is 0.222. The Hall–Kier alpha value is -0.860. The van der Waals surface area contributed by atoms with E-state index in [0.717, 1.165) is 12.3 Å². The van der Waals surface area contributed by atoms with Gasteiger partial charge in [-0.2, -0.15) is 0 Å². The van der Waals surface area contributed by atoms with Gasteiger partial charge >= 0.3 is 0 Å². The van der Waals surface area contributed by atoms with Crippen molar-refractivity contribution in [1.29, 1.82) is 0 Å². The molecule has 4 unspecified atom stereocenters. The lowest BCUT2D eigenvalue weighted by Gasteiger charge is -2.31. The lowest BCUT2D eigenvalue weighted by Crippen LogP contribution is -2.36. The number of nitrogens with one attached hydrogen (secondary N) is 1. The molecule has 2 heteroatoms. The summed E-state index contributed by atoms with van der Waals surface area (Å²) in [6.07, 6.45) is 7.90. The molecule has 0 aliphatic heterocycles. The van der Waals surface area contributed by atoms with Crippen LogP contribution in [0.25, 0.3) is 0 Å². The van der Waals surface area contributed by atoms with E-state index in [2.05, 4.69) is 36.5 Å². The van der Waals surface area contributed by atoms with Crippen LogP contribution >= 0.6 is 0 Å². The van der Waals surface area contributed by atoms with Gasteiger partial charge in [-0.1, -0.05) is 50.5 Å². The van der Waals surface area contributed by atoms with Crippen LogP contribution in [0.2, 0.25) is 0 Å². The van der Waals surface area contributed by atoms with Gasteiger partial charge in [0.05, 0.1) is 0 Å². The van der Waals surface area contributed by atoms with Crippen molar-refractivity contribution in [2.45, 2.75) is 63.6 Å². The number of rotatable bonds is 3. The third-order valence-electron chi connectivity index (χ3n) is 5.06. The fourth-order valence-electron chi connectivity index (χ4n) is 3.93. The molecule has 0 bridgehead atoms. The maximum Gasteiger partial charge on any atom is 0.0344 e. The molecule has 2 aliphatic carbocycles. The number of hydrogen-bond acceptors (Lipinski definition) is 2. The first kappa shape index (κ1) is 13.1. The van der Waals surface area contributed by atoms with Crippen LogP contribution in [0, 0.1) is 5.92 Å². The molecule has 3 N–H and O–H groups in total. The van der Waals surface area contributed by atoms with Gasteiger partial charge in [0.15, 0.2) is 0 Å². The molecule has 1 saturated carbocycles. The minimum absolute atomic E-state index is 0.222. The molecule has 2 aliphatic rings. The van der Waals surface area contributed by atoms with Crippen molar-refractivity contribution in [3.63, 3.8) is 0 Å². The van der Waals surface area contributed by atoms with E-state index < -0.39 is 0 Å². The van der Waals surface area contributed by atoms with Crippen LogP contribution in [-0.4, -0.2) is 6.04 Å². The van der Waals surface area contributed by atoms with Crippen molar-refractivity contribution in [2.75, 3.05) is 0 Å². The first-order valence-electron chi connectivity index (χ1n) is 7.88. The molecule has 0 amide bonds. The van der Waals surface area contributed by atoms with Gasteiger partial charge in [0.1, 0.15) is 0 Å². The lowest BCUT2D eigenvalue weighted by molar-refractivity contribution is 0.260. The predicted octanol–water partition coefficient (Wildman–Crippen LogP) is 3.69. The maximum atomic E-state index is 6.26. The highest BCUT2D eigenvalue weighted by atomic mass is 15.0. The van der Waals surface area contributed by atoms with Crippen LogP contribution in [0.5, 0.6) is 0 Å². The summed E-state index contributed by atoms with van der Waals surface area (Å²) < 4.78 is 0. The van der Waals surface area contributed by atoms with E-state index in [4.69, 9.17) is 5.73 Å². The van der Waals surface area contributed by atoms with E-state index in [1.807, 2.05) is 0 Å². The summed E-state index contributed by atoms with van der Waals surface area (Å²) >= 11 is 0. The first-order chi connectivity index (χ1) is 9.28. The van der Waals surface area contributed by atoms with E-state index in [1.54, 1.807) is 0 Å². The quantitative estimate of drug-likeness (QED) is 0.867. The fraction of sp³-hybridized carbons (Fsp3) is 0.647. The highest BCUT2D eigenvalue weighted by Gasteiger charge is 2.31. The molecule has 1 aromatic carbocycles. The van der Waals surface area contributed by atoms with Crippen LogP contribution in [-0.2, 0) is 0 Å². The van der Waals surface area contributed by atoms with E-state index in [1.165, 1.54) is 43.2 Å². The van der Waals surface area contributed by atoms with Crippen molar-refractivity contribution in [3.8, 4) is 0 Å². The Kier molecular flexibility index (Phi) is 3.90. The topological polar surface area (TPSA) is 38.0 Å². The van der Waals surface area contributed by atoms with E-state index >= 15 is 0 Å². The van der Waals surface area contributed by atoms with Crippen LogP contribution in [0.15, 0.2) is 24.3 Å². The van der Waals surface area contributed by atoms with Crippen molar-refractivity contribution < 1.29 is 0 Å². The molecule has 0 heterocycles. The summed E-state index contributed by atoms with van der Waals surface area (Å²) in [5, 5.41) is 3.89. The zero-order valence-electron chi connectivity index (χ0n) is 11.9. The van der Waals surface area contributed by atoms with E-state index in [9.17, 15) is 0 Å². The van der Waals surface area contributed by atoms with Crippen LogP contribution < -0.4 is 11.1 Å². The van der Waals surface area contributed by atoms with Gasteiger partial charge in [-0.15, -0.1) is 0 Å². The van der Waals surface area contributed by atoms with Crippen molar-refractivity contribution in [3.05, 3.63) is 35.4 Å². The Bertz CT molecular complexity index is 429. The van der Waals surface area contributed by atoms with Crippen molar-refractivity contribution in [2.24, 2.45) is 11.7 Å². The number of nitrogens with two attached hydrogens (primary N) is 1. The Morgan fingerprint density at radius 3 is 2.74 bits per heavy atom. The fourth-order valence-corrected chi connectivity index (χ4v) is 3.93. The highest BCUT2D eigenvalue weighted by molar-refractivity contribution is 5.37. The smallest absolute Gasteiger partial charge is 0.0344 e. The summed E-state index contributed by atoms with van der Waals surface area (Å²) in [4.78, 5) is 0. The molecule has 2 nitrogen and oxygen atoms in total. The molecule has 0 saturated heterocycles. The number of hydrogen-bond donors (Lipinski definition) is 2. The molecule has 0 spiro atoms. The van der Waals surface area contributed by atoms with Gasteiger partial charge in [-0.3, -0.25) is 0 Å². The van der Waals surface area contributed by atoms with Gasteiger partial charge in [0, 0.05) is 18.1 Å². The average molecular weight is 258 g/mol. The summed E-state index contributed by atoms with van der Waals surface area (Å²) in [5.41, 5.74) is 9.04. The molecular weight excluding hydrogens is 232 g/mol. The second-order valence-corrected chi connectivity index (χ2v) is 6.33. The van der Waals surface area contributed by atoms with Gasteiger partial charge < -0.3 is 11.1 Å². The first-order valence-corrected chi connectivity index (χ1v) is 7.88. The molecule has 0 radical (unpaired) electrons. The Balaban J connectivity index is 1.68. The van der Waals surface area contributed by atoms with Gasteiger partial charge in [0.2, 0.25) is 0 Å². The van der Waals surface area contributed by atoms with Gasteiger partial charge in [-0.05, 0) is 36.3 Å². The minimum Gasteiger partial charge on any atom is -0.324 e. The Morgan fingerprint density at radius 2 is 1.95 bits per heavy atom. The normalized spacial score (nSPS) is 34.2. The molecule has 1 aromatic rings. The standard InChI is InChI=1S/C17H26N2/c1-2-12-6-5-7-13(10-12)19-17-11-16(18)14-8-3-4-9-15(14)17/h3-4,8-9,12-13,16-17,19H,2,5-7,10-11,18H2,1H3. The number of benzene rings is 1. The van der Waals surface area contributed by atoms with Crippen LogP contribution in [0.1, 0.15) is 68.7 Å². The molecule has 0 aromatic heterocycles. The second-order valence-electron chi connectivity index (χ2n) is 6.33. The van der Waals surface area contributed by atoms with Gasteiger partial charge in [0.25, 0.3) is 0 Å². The van der Waals surface area contributed by atoms with Crippen LogP contribution in [0.4, 0.5) is 0 Å². The summed E-state index contributed by atoms with van der Waals surface area (Å²) in [6.45, 7) is 2.33. The molecule has 1 fully saturated rings. The molecular formula is C17H26N2. The zero-order valence-corrected chi connectivity index (χ0v) is 11.9. The second kappa shape index (κ2) is 5.64.